The summed E-state index contributed by atoms with van der Waals surface area (Å²) in [6, 6.07) is 13.7. The summed E-state index contributed by atoms with van der Waals surface area (Å²) in [4.78, 5) is 11.6. The maximum Gasteiger partial charge on any atom is 0.407 e. The minimum absolute atomic E-state index is 0.216. The van der Waals surface area contributed by atoms with Crippen molar-refractivity contribution in [1.82, 2.24) is 5.32 Å². The van der Waals surface area contributed by atoms with Crippen molar-refractivity contribution in [2.75, 3.05) is 13.7 Å². The van der Waals surface area contributed by atoms with Crippen molar-refractivity contribution in [3.63, 3.8) is 0 Å². The molecule has 0 bridgehead atoms. The summed E-state index contributed by atoms with van der Waals surface area (Å²) >= 11 is 0. The maximum atomic E-state index is 13.2. The first-order valence-electron chi connectivity index (χ1n) is 7.13. The summed E-state index contributed by atoms with van der Waals surface area (Å²) in [5, 5.41) is 2.59. The molecule has 0 aliphatic heterocycles. The molecule has 4 nitrogen and oxygen atoms in total. The highest BCUT2D eigenvalue weighted by Gasteiger charge is 2.02. The van der Waals surface area contributed by atoms with Gasteiger partial charge in [-0.05, 0) is 23.8 Å². The van der Waals surface area contributed by atoms with E-state index in [9.17, 15) is 9.18 Å². The van der Waals surface area contributed by atoms with Crippen LogP contribution in [0.25, 0.3) is 6.08 Å². The molecule has 2 aromatic carbocycles. The number of carbonyl (C=O) groups excluding carboxylic acids is 1. The minimum Gasteiger partial charge on any atom is -0.496 e. The Labute approximate surface area is 134 Å². The third-order valence-corrected chi connectivity index (χ3v) is 3.07. The number of hydrogen-bond donors (Lipinski definition) is 1. The van der Waals surface area contributed by atoms with E-state index < -0.39 is 6.09 Å². The number of methoxy groups -OCH3 is 1. The average molecular weight is 315 g/mol. The first-order valence-corrected chi connectivity index (χ1v) is 7.13. The van der Waals surface area contributed by atoms with Crippen molar-refractivity contribution in [2.45, 2.75) is 6.61 Å². The molecule has 0 saturated carbocycles. The Morgan fingerprint density at radius 3 is 2.74 bits per heavy atom. The zero-order chi connectivity index (χ0) is 16.5. The van der Waals surface area contributed by atoms with Crippen molar-refractivity contribution in [1.29, 1.82) is 0 Å². The molecule has 0 aliphatic carbocycles. The molecule has 0 fully saturated rings. The summed E-state index contributed by atoms with van der Waals surface area (Å²) < 4.78 is 23.4. The highest BCUT2D eigenvalue weighted by atomic mass is 19.1. The molecule has 0 atom stereocenters. The standard InChI is InChI=1S/C18H18FNO3/c1-22-17-10-9-16(19)12-15(17)8-5-11-20-18(21)23-13-14-6-3-2-4-7-14/h2-10,12H,11,13H2,1H3,(H,20,21). The third kappa shape index (κ3) is 5.47. The van der Waals surface area contributed by atoms with Crippen LogP contribution in [0, 0.1) is 5.82 Å². The number of rotatable bonds is 6. The molecule has 0 radical (unpaired) electrons. The largest absolute Gasteiger partial charge is 0.496 e. The van der Waals surface area contributed by atoms with Gasteiger partial charge >= 0.3 is 6.09 Å². The SMILES string of the molecule is COc1ccc(F)cc1C=CCNC(=O)OCc1ccccc1. The van der Waals surface area contributed by atoms with Gasteiger partial charge in [0.25, 0.3) is 0 Å². The zero-order valence-corrected chi connectivity index (χ0v) is 12.8. The third-order valence-electron chi connectivity index (χ3n) is 3.07. The van der Waals surface area contributed by atoms with Gasteiger partial charge in [0.2, 0.25) is 0 Å². The highest BCUT2D eigenvalue weighted by Crippen LogP contribution is 2.20. The van der Waals surface area contributed by atoms with Gasteiger partial charge in [-0.15, -0.1) is 0 Å². The van der Waals surface area contributed by atoms with Gasteiger partial charge < -0.3 is 14.8 Å². The fourth-order valence-corrected chi connectivity index (χ4v) is 1.94. The van der Waals surface area contributed by atoms with Crippen molar-refractivity contribution >= 4 is 12.2 Å². The first-order chi connectivity index (χ1) is 11.2. The van der Waals surface area contributed by atoms with Crippen molar-refractivity contribution < 1.29 is 18.7 Å². The number of halogens is 1. The molecule has 0 unspecified atom stereocenters. The lowest BCUT2D eigenvalue weighted by molar-refractivity contribution is 0.141. The lowest BCUT2D eigenvalue weighted by Crippen LogP contribution is -2.24. The molecular formula is C18H18FNO3. The number of hydrogen-bond acceptors (Lipinski definition) is 3. The second-order valence-electron chi connectivity index (χ2n) is 4.73. The molecule has 0 aliphatic rings. The topological polar surface area (TPSA) is 47.6 Å². The van der Waals surface area contributed by atoms with Gasteiger partial charge in [0.15, 0.2) is 0 Å². The maximum absolute atomic E-state index is 13.2. The van der Waals surface area contributed by atoms with Gasteiger partial charge in [-0.1, -0.05) is 42.5 Å². The monoisotopic (exact) mass is 315 g/mol. The molecular weight excluding hydrogens is 297 g/mol. The van der Waals surface area contributed by atoms with E-state index in [0.29, 0.717) is 11.3 Å². The number of alkyl carbamates (subject to hydrolysis) is 1. The lowest BCUT2D eigenvalue weighted by Gasteiger charge is -2.06. The Morgan fingerprint density at radius 1 is 1.22 bits per heavy atom. The molecule has 0 spiro atoms. The summed E-state index contributed by atoms with van der Waals surface area (Å²) in [6.45, 7) is 0.487. The van der Waals surface area contributed by atoms with Crippen LogP contribution in [-0.2, 0) is 11.3 Å². The Bertz CT molecular complexity index is 671. The first kappa shape index (κ1) is 16.5. The van der Waals surface area contributed by atoms with Crippen LogP contribution in [0.2, 0.25) is 0 Å². The summed E-state index contributed by atoms with van der Waals surface area (Å²) in [7, 11) is 1.52. The molecule has 23 heavy (non-hydrogen) atoms. The quantitative estimate of drug-likeness (QED) is 0.882. The average Bonchev–Trinajstić information content (AvgIpc) is 2.58. The molecule has 0 heterocycles. The van der Waals surface area contributed by atoms with E-state index in [1.165, 1.54) is 19.2 Å². The predicted molar refractivity (Wildman–Crippen MR) is 86.6 cm³/mol. The van der Waals surface area contributed by atoms with E-state index in [1.54, 1.807) is 18.2 Å². The summed E-state index contributed by atoms with van der Waals surface area (Å²) in [5.41, 5.74) is 1.52. The van der Waals surface area contributed by atoms with Crippen molar-refractivity contribution in [3.05, 3.63) is 71.6 Å². The van der Waals surface area contributed by atoms with Crippen LogP contribution in [0.5, 0.6) is 5.75 Å². The van der Waals surface area contributed by atoms with Crippen LogP contribution in [0.1, 0.15) is 11.1 Å². The predicted octanol–water partition coefficient (Wildman–Crippen LogP) is 3.77. The van der Waals surface area contributed by atoms with E-state index >= 15 is 0 Å². The molecule has 2 rings (SSSR count). The van der Waals surface area contributed by atoms with Crippen LogP contribution in [-0.4, -0.2) is 19.7 Å². The van der Waals surface area contributed by atoms with Crippen molar-refractivity contribution in [2.24, 2.45) is 0 Å². The van der Waals surface area contributed by atoms with Gasteiger partial charge in [0, 0.05) is 12.1 Å². The summed E-state index contributed by atoms with van der Waals surface area (Å²) in [6.07, 6.45) is 2.87. The van der Waals surface area contributed by atoms with E-state index in [4.69, 9.17) is 9.47 Å². The fourth-order valence-electron chi connectivity index (χ4n) is 1.94. The second-order valence-corrected chi connectivity index (χ2v) is 4.73. The van der Waals surface area contributed by atoms with Gasteiger partial charge in [-0.25, -0.2) is 9.18 Å². The smallest absolute Gasteiger partial charge is 0.407 e. The Balaban J connectivity index is 1.78. The molecule has 1 N–H and O–H groups in total. The molecule has 120 valence electrons. The second kappa shape index (κ2) is 8.58. The molecule has 1 amide bonds. The van der Waals surface area contributed by atoms with E-state index in [1.807, 2.05) is 30.3 Å². The van der Waals surface area contributed by atoms with Crippen LogP contribution in [0.4, 0.5) is 9.18 Å². The zero-order valence-electron chi connectivity index (χ0n) is 12.8. The van der Waals surface area contributed by atoms with Crippen LogP contribution in [0.15, 0.2) is 54.6 Å². The van der Waals surface area contributed by atoms with E-state index in [0.717, 1.165) is 5.56 Å². The van der Waals surface area contributed by atoms with Gasteiger partial charge in [0.1, 0.15) is 18.2 Å². The molecule has 2 aromatic rings. The lowest BCUT2D eigenvalue weighted by atomic mass is 10.2. The normalized spacial score (nSPS) is 10.5. The van der Waals surface area contributed by atoms with Gasteiger partial charge in [-0.2, -0.15) is 0 Å². The molecule has 0 saturated heterocycles. The van der Waals surface area contributed by atoms with Crippen molar-refractivity contribution in [3.8, 4) is 5.75 Å². The Hall–Kier alpha value is -2.82. The Morgan fingerprint density at radius 2 is 2.00 bits per heavy atom. The fraction of sp³-hybridized carbons (Fsp3) is 0.167. The van der Waals surface area contributed by atoms with E-state index in [2.05, 4.69) is 5.32 Å². The Kier molecular flexibility index (Phi) is 6.17. The van der Waals surface area contributed by atoms with Gasteiger partial charge in [0.05, 0.1) is 7.11 Å². The van der Waals surface area contributed by atoms with E-state index in [-0.39, 0.29) is 19.0 Å². The highest BCUT2D eigenvalue weighted by molar-refractivity contribution is 5.67. The van der Waals surface area contributed by atoms with Crippen LogP contribution >= 0.6 is 0 Å². The number of benzene rings is 2. The molecule has 5 heteroatoms. The number of carbonyl (C=O) groups is 1. The van der Waals surface area contributed by atoms with Crippen LogP contribution < -0.4 is 10.1 Å². The number of nitrogens with one attached hydrogen (secondary N) is 1. The molecule has 0 aromatic heterocycles. The minimum atomic E-state index is -0.510. The number of ether oxygens (including phenoxy) is 2. The number of amides is 1. The van der Waals surface area contributed by atoms with Gasteiger partial charge in [-0.3, -0.25) is 0 Å². The van der Waals surface area contributed by atoms with Crippen LogP contribution in [0.3, 0.4) is 0 Å². The summed E-state index contributed by atoms with van der Waals surface area (Å²) in [5.74, 6) is 0.218.